The lowest BCUT2D eigenvalue weighted by Crippen LogP contribution is -2.34. The third-order valence-electron chi connectivity index (χ3n) is 2.11. The Bertz CT molecular complexity index is 488. The average Bonchev–Trinajstić information content (AvgIpc) is 2.28. The van der Waals surface area contributed by atoms with Gasteiger partial charge in [-0.15, -0.1) is 0 Å². The summed E-state index contributed by atoms with van der Waals surface area (Å²) < 4.78 is 5.08. The lowest BCUT2D eigenvalue weighted by Gasteiger charge is -2.09. The third-order valence-corrected chi connectivity index (χ3v) is 2.54. The van der Waals surface area contributed by atoms with Crippen molar-refractivity contribution in [2.45, 2.75) is 0 Å². The number of hydrogen-bond donors (Lipinski definition) is 1. The number of carbonyl (C=O) groups excluding carboxylic acids is 2. The number of halogens is 1. The van der Waals surface area contributed by atoms with Crippen LogP contribution >= 0.6 is 15.9 Å². The molecule has 0 aliphatic rings. The smallest absolute Gasteiger partial charge is 0.322 e. The van der Waals surface area contributed by atoms with Crippen molar-refractivity contribution in [1.29, 1.82) is 0 Å². The zero-order valence-electron chi connectivity index (χ0n) is 9.42. The molecule has 1 atom stereocenters. The number of pyridine rings is 1. The highest BCUT2D eigenvalue weighted by Crippen LogP contribution is 2.15. The Hall–Kier alpha value is -1.60. The van der Waals surface area contributed by atoms with Crippen LogP contribution < -0.4 is 0 Å². The van der Waals surface area contributed by atoms with E-state index in [0.29, 0.717) is 4.47 Å². The number of ether oxygens (including phenoxy) is 1. The van der Waals surface area contributed by atoms with Crippen LogP contribution in [0.2, 0.25) is 0 Å². The normalized spacial score (nSPS) is 11.9. The summed E-state index contributed by atoms with van der Waals surface area (Å²) in [7, 11) is 1.25. The van der Waals surface area contributed by atoms with Crippen LogP contribution in [0, 0.1) is 5.92 Å². The molecule has 0 saturated heterocycles. The van der Waals surface area contributed by atoms with Gasteiger partial charge in [-0.05, 0) is 22.0 Å². The van der Waals surface area contributed by atoms with Gasteiger partial charge in [0.1, 0.15) is 6.61 Å². The second-order valence-electron chi connectivity index (χ2n) is 3.43. The SMILES string of the molecule is COCC(=O)C(C(=O)O)C(=O)c1cncc(Br)c1. The minimum Gasteiger partial charge on any atom is -0.480 e. The Morgan fingerprint density at radius 1 is 1.44 bits per heavy atom. The molecule has 1 heterocycles. The first kappa shape index (κ1) is 14.5. The van der Waals surface area contributed by atoms with Gasteiger partial charge in [-0.2, -0.15) is 0 Å². The number of carboxylic acid groups (broad SMARTS) is 1. The molecule has 0 radical (unpaired) electrons. The van der Waals surface area contributed by atoms with E-state index in [1.165, 1.54) is 25.6 Å². The summed E-state index contributed by atoms with van der Waals surface area (Å²) in [5.74, 6) is -4.86. The van der Waals surface area contributed by atoms with Crippen LogP contribution in [-0.4, -0.2) is 41.3 Å². The number of aromatic nitrogens is 1. The highest BCUT2D eigenvalue weighted by atomic mass is 79.9. The highest BCUT2D eigenvalue weighted by molar-refractivity contribution is 9.10. The number of rotatable bonds is 6. The minimum absolute atomic E-state index is 0.0567. The molecule has 0 spiro atoms. The largest absolute Gasteiger partial charge is 0.480 e. The molecular weight excluding hydrogens is 306 g/mol. The molecule has 0 aliphatic carbocycles. The minimum atomic E-state index is -1.76. The summed E-state index contributed by atoms with van der Waals surface area (Å²) in [4.78, 5) is 38.2. The number of hydrogen-bond acceptors (Lipinski definition) is 5. The van der Waals surface area contributed by atoms with E-state index in [-0.39, 0.29) is 5.56 Å². The number of carbonyl (C=O) groups is 3. The van der Waals surface area contributed by atoms with Crippen LogP contribution in [0.5, 0.6) is 0 Å². The second-order valence-corrected chi connectivity index (χ2v) is 4.34. The van der Waals surface area contributed by atoms with E-state index in [0.717, 1.165) is 0 Å². The fourth-order valence-electron chi connectivity index (χ4n) is 1.33. The van der Waals surface area contributed by atoms with Crippen molar-refractivity contribution in [3.8, 4) is 0 Å². The molecule has 1 N–H and O–H groups in total. The number of ketones is 2. The predicted octanol–water partition coefficient (Wildman–Crippen LogP) is 0.943. The van der Waals surface area contributed by atoms with Gasteiger partial charge in [-0.25, -0.2) is 0 Å². The molecule has 1 unspecified atom stereocenters. The van der Waals surface area contributed by atoms with Crippen LogP contribution in [0.4, 0.5) is 0 Å². The third kappa shape index (κ3) is 3.44. The molecule has 7 heteroatoms. The maximum Gasteiger partial charge on any atom is 0.322 e. The van der Waals surface area contributed by atoms with E-state index in [4.69, 9.17) is 5.11 Å². The Balaban J connectivity index is 3.04. The Morgan fingerprint density at radius 2 is 2.11 bits per heavy atom. The Kier molecular flexibility index (Phi) is 5.11. The summed E-state index contributed by atoms with van der Waals surface area (Å²) in [6.07, 6.45) is 2.66. The molecule has 0 amide bonds. The van der Waals surface area contributed by atoms with Crippen LogP contribution in [-0.2, 0) is 14.3 Å². The van der Waals surface area contributed by atoms with Gasteiger partial charge in [0.15, 0.2) is 17.5 Å². The van der Waals surface area contributed by atoms with Crippen molar-refractivity contribution in [3.63, 3.8) is 0 Å². The molecule has 0 fully saturated rings. The number of carboxylic acids is 1. The van der Waals surface area contributed by atoms with Gasteiger partial charge in [-0.1, -0.05) is 0 Å². The summed E-state index contributed by atoms with van der Waals surface area (Å²) in [5, 5.41) is 8.94. The fraction of sp³-hybridized carbons (Fsp3) is 0.273. The fourth-order valence-corrected chi connectivity index (χ4v) is 1.70. The van der Waals surface area contributed by atoms with Crippen LogP contribution in [0.15, 0.2) is 22.9 Å². The van der Waals surface area contributed by atoms with Crippen molar-refractivity contribution in [3.05, 3.63) is 28.5 Å². The number of Topliss-reactive ketones (excluding diaryl/α,β-unsaturated/α-hetero) is 2. The molecule has 0 bridgehead atoms. The average molecular weight is 316 g/mol. The van der Waals surface area contributed by atoms with Gasteiger partial charge >= 0.3 is 5.97 Å². The maximum atomic E-state index is 11.9. The van der Waals surface area contributed by atoms with E-state index in [1.807, 2.05) is 0 Å². The Morgan fingerprint density at radius 3 is 2.61 bits per heavy atom. The van der Waals surface area contributed by atoms with Gasteiger partial charge in [0.2, 0.25) is 0 Å². The molecule has 6 nitrogen and oxygen atoms in total. The van der Waals surface area contributed by atoms with Gasteiger partial charge in [-0.3, -0.25) is 19.4 Å². The topological polar surface area (TPSA) is 93.6 Å². The predicted molar refractivity (Wildman–Crippen MR) is 64.3 cm³/mol. The monoisotopic (exact) mass is 315 g/mol. The van der Waals surface area contributed by atoms with Gasteiger partial charge in [0.25, 0.3) is 0 Å². The lowest BCUT2D eigenvalue weighted by atomic mass is 9.95. The van der Waals surface area contributed by atoms with Crippen molar-refractivity contribution < 1.29 is 24.2 Å². The molecule has 96 valence electrons. The second kappa shape index (κ2) is 6.36. The summed E-state index contributed by atoms with van der Waals surface area (Å²) in [5.41, 5.74) is 0.0567. The van der Waals surface area contributed by atoms with E-state index in [1.54, 1.807) is 0 Å². The highest BCUT2D eigenvalue weighted by Gasteiger charge is 2.34. The lowest BCUT2D eigenvalue weighted by molar-refractivity contribution is -0.145. The molecule has 0 aromatic carbocycles. The standard InChI is InChI=1S/C11H10BrNO5/c1-18-5-8(14)9(11(16)17)10(15)6-2-7(12)4-13-3-6/h2-4,9H,5H2,1H3,(H,16,17). The van der Waals surface area contributed by atoms with Gasteiger partial charge in [0, 0.05) is 29.5 Å². The number of nitrogens with zero attached hydrogens (tertiary/aromatic N) is 1. The summed E-state index contributed by atoms with van der Waals surface area (Å²) in [6, 6.07) is 1.41. The van der Waals surface area contributed by atoms with Crippen LogP contribution in [0.25, 0.3) is 0 Å². The Labute approximate surface area is 111 Å². The van der Waals surface area contributed by atoms with Crippen molar-refractivity contribution in [2.75, 3.05) is 13.7 Å². The van der Waals surface area contributed by atoms with Crippen molar-refractivity contribution in [1.82, 2.24) is 4.98 Å². The van der Waals surface area contributed by atoms with Crippen LogP contribution in [0.3, 0.4) is 0 Å². The molecule has 18 heavy (non-hydrogen) atoms. The zero-order valence-corrected chi connectivity index (χ0v) is 11.0. The molecule has 1 aromatic rings. The van der Waals surface area contributed by atoms with E-state index in [9.17, 15) is 14.4 Å². The maximum absolute atomic E-state index is 11.9. The van der Waals surface area contributed by atoms with Crippen molar-refractivity contribution >= 4 is 33.5 Å². The van der Waals surface area contributed by atoms with Crippen LogP contribution in [0.1, 0.15) is 10.4 Å². The molecule has 1 aromatic heterocycles. The van der Waals surface area contributed by atoms with Crippen molar-refractivity contribution in [2.24, 2.45) is 5.92 Å². The van der Waals surface area contributed by atoms with E-state index >= 15 is 0 Å². The molecule has 0 saturated carbocycles. The molecule has 1 rings (SSSR count). The summed E-state index contributed by atoms with van der Waals surface area (Å²) >= 11 is 3.11. The van der Waals surface area contributed by atoms with Gasteiger partial charge < -0.3 is 9.84 Å². The van der Waals surface area contributed by atoms with Gasteiger partial charge in [0.05, 0.1) is 0 Å². The number of methoxy groups -OCH3 is 1. The first-order chi connectivity index (χ1) is 8.47. The number of aliphatic carboxylic acids is 1. The quantitative estimate of drug-likeness (QED) is 0.620. The molecule has 0 aliphatic heterocycles. The van der Waals surface area contributed by atoms with E-state index < -0.39 is 30.1 Å². The summed E-state index contributed by atoms with van der Waals surface area (Å²) in [6.45, 7) is -0.426. The molecular formula is C11H10BrNO5. The van der Waals surface area contributed by atoms with E-state index in [2.05, 4.69) is 25.7 Å². The zero-order chi connectivity index (χ0) is 13.7. The first-order valence-electron chi connectivity index (χ1n) is 4.86. The first-order valence-corrected chi connectivity index (χ1v) is 5.66.